The van der Waals surface area contributed by atoms with Crippen LogP contribution in [0, 0.1) is 5.92 Å². The van der Waals surface area contributed by atoms with Gasteiger partial charge in [0.25, 0.3) is 0 Å². The van der Waals surface area contributed by atoms with Crippen molar-refractivity contribution in [3.05, 3.63) is 12.7 Å². The molecule has 1 amide bonds. The zero-order valence-electron chi connectivity index (χ0n) is 10.3. The summed E-state index contributed by atoms with van der Waals surface area (Å²) in [5.41, 5.74) is 0. The molecule has 0 radical (unpaired) electrons. The summed E-state index contributed by atoms with van der Waals surface area (Å²) in [6.07, 6.45) is 1.53. The fourth-order valence-electron chi connectivity index (χ4n) is 1.36. The Labute approximate surface area is 102 Å². The van der Waals surface area contributed by atoms with Crippen LogP contribution in [0.5, 0.6) is 0 Å². The highest BCUT2D eigenvalue weighted by atomic mass is 16.4. The van der Waals surface area contributed by atoms with Crippen LogP contribution in [0.25, 0.3) is 0 Å². The molecule has 0 unspecified atom stereocenters. The molecule has 0 heterocycles. The molecule has 0 spiro atoms. The maximum atomic E-state index is 11.5. The first-order chi connectivity index (χ1) is 7.88. The Hall–Kier alpha value is -1.36. The standard InChI is InChI=1S/C12H21NO4/c1-4-5-6-9(12(16)17)13-11(15)10(14)7-8(2)3/h4,8-10,14H,1,5-7H2,2-3H3,(H,13,15)(H,16,17)/t9-,10-/m1/s1. The monoisotopic (exact) mass is 243 g/mol. The van der Waals surface area contributed by atoms with Crippen molar-refractivity contribution in [1.82, 2.24) is 5.32 Å². The minimum absolute atomic E-state index is 0.173. The number of carbonyl (C=O) groups excluding carboxylic acids is 1. The summed E-state index contributed by atoms with van der Waals surface area (Å²) in [5, 5.41) is 20.7. The summed E-state index contributed by atoms with van der Waals surface area (Å²) in [6, 6.07) is -0.970. The van der Waals surface area contributed by atoms with Crippen LogP contribution in [0.2, 0.25) is 0 Å². The molecule has 0 aliphatic heterocycles. The minimum atomic E-state index is -1.15. The second-order valence-corrected chi connectivity index (χ2v) is 4.41. The number of rotatable bonds is 8. The SMILES string of the molecule is C=CCC[C@@H](NC(=O)[C@H](O)CC(C)C)C(=O)O. The number of hydrogen-bond acceptors (Lipinski definition) is 3. The third-order valence-corrected chi connectivity index (χ3v) is 2.27. The lowest BCUT2D eigenvalue weighted by Gasteiger charge is -2.17. The molecular formula is C12H21NO4. The van der Waals surface area contributed by atoms with Crippen LogP contribution in [-0.4, -0.2) is 34.2 Å². The summed E-state index contributed by atoms with van der Waals surface area (Å²) in [4.78, 5) is 22.4. The summed E-state index contributed by atoms with van der Waals surface area (Å²) >= 11 is 0. The Bertz CT molecular complexity index is 276. The lowest BCUT2D eigenvalue weighted by Crippen LogP contribution is -2.45. The van der Waals surface area contributed by atoms with Crippen molar-refractivity contribution in [3.63, 3.8) is 0 Å². The number of carboxylic acid groups (broad SMARTS) is 1. The first kappa shape index (κ1) is 15.6. The largest absolute Gasteiger partial charge is 0.480 e. The number of aliphatic carboxylic acids is 1. The van der Waals surface area contributed by atoms with Crippen LogP contribution >= 0.6 is 0 Å². The highest BCUT2D eigenvalue weighted by Crippen LogP contribution is 2.06. The molecule has 0 aliphatic carbocycles. The number of carbonyl (C=O) groups is 2. The van der Waals surface area contributed by atoms with Crippen molar-refractivity contribution >= 4 is 11.9 Å². The molecule has 0 fully saturated rings. The fraction of sp³-hybridized carbons (Fsp3) is 0.667. The van der Waals surface area contributed by atoms with Gasteiger partial charge in [0.1, 0.15) is 12.1 Å². The van der Waals surface area contributed by atoms with E-state index in [1.54, 1.807) is 6.08 Å². The summed E-state index contributed by atoms with van der Waals surface area (Å²) < 4.78 is 0. The van der Waals surface area contributed by atoms with Crippen molar-refractivity contribution in [3.8, 4) is 0 Å². The van der Waals surface area contributed by atoms with E-state index in [2.05, 4.69) is 11.9 Å². The molecule has 0 aromatic heterocycles. The number of nitrogens with one attached hydrogen (secondary N) is 1. The lowest BCUT2D eigenvalue weighted by molar-refractivity contribution is -0.143. The normalized spacial score (nSPS) is 14.1. The Kier molecular flexibility index (Phi) is 7.21. The first-order valence-corrected chi connectivity index (χ1v) is 5.70. The number of carboxylic acids is 1. The van der Waals surface area contributed by atoms with Gasteiger partial charge in [-0.3, -0.25) is 4.79 Å². The fourth-order valence-corrected chi connectivity index (χ4v) is 1.36. The van der Waals surface area contributed by atoms with Gasteiger partial charge in [0.05, 0.1) is 0 Å². The molecule has 0 aliphatic rings. The molecule has 0 aromatic carbocycles. The molecule has 0 aromatic rings. The average Bonchev–Trinajstić information content (AvgIpc) is 2.22. The van der Waals surface area contributed by atoms with E-state index in [1.807, 2.05) is 13.8 Å². The van der Waals surface area contributed by atoms with E-state index in [9.17, 15) is 14.7 Å². The predicted octanol–water partition coefficient (Wildman–Crippen LogP) is 0.929. The summed E-state index contributed by atoms with van der Waals surface area (Å²) in [6.45, 7) is 7.25. The van der Waals surface area contributed by atoms with Crippen molar-refractivity contribution in [2.75, 3.05) is 0 Å². The topological polar surface area (TPSA) is 86.6 Å². The van der Waals surface area contributed by atoms with Gasteiger partial charge in [0, 0.05) is 0 Å². The van der Waals surface area contributed by atoms with Crippen LogP contribution < -0.4 is 5.32 Å². The molecule has 5 heteroatoms. The maximum absolute atomic E-state index is 11.5. The van der Waals surface area contributed by atoms with Gasteiger partial charge in [-0.1, -0.05) is 19.9 Å². The molecule has 5 nitrogen and oxygen atoms in total. The van der Waals surface area contributed by atoms with E-state index in [-0.39, 0.29) is 12.3 Å². The Balaban J connectivity index is 4.29. The molecule has 0 rings (SSSR count). The van der Waals surface area contributed by atoms with Crippen molar-refractivity contribution in [1.29, 1.82) is 0 Å². The number of aliphatic hydroxyl groups excluding tert-OH is 1. The van der Waals surface area contributed by atoms with Gasteiger partial charge in [-0.25, -0.2) is 4.79 Å². The van der Waals surface area contributed by atoms with Gasteiger partial charge >= 0.3 is 5.97 Å². The average molecular weight is 243 g/mol. The number of allylic oxidation sites excluding steroid dienone is 1. The number of aliphatic hydroxyl groups is 1. The van der Waals surface area contributed by atoms with E-state index in [0.29, 0.717) is 12.8 Å². The molecule has 98 valence electrons. The smallest absolute Gasteiger partial charge is 0.326 e. The van der Waals surface area contributed by atoms with Gasteiger partial charge in [-0.2, -0.15) is 0 Å². The molecule has 0 saturated carbocycles. The van der Waals surface area contributed by atoms with Gasteiger partial charge < -0.3 is 15.5 Å². The van der Waals surface area contributed by atoms with E-state index < -0.39 is 24.0 Å². The Morgan fingerprint density at radius 2 is 2.00 bits per heavy atom. The zero-order chi connectivity index (χ0) is 13.4. The van der Waals surface area contributed by atoms with Crippen LogP contribution in [0.15, 0.2) is 12.7 Å². The predicted molar refractivity (Wildman–Crippen MR) is 64.5 cm³/mol. The van der Waals surface area contributed by atoms with E-state index in [1.165, 1.54) is 0 Å². The van der Waals surface area contributed by atoms with Crippen LogP contribution in [-0.2, 0) is 9.59 Å². The molecule has 17 heavy (non-hydrogen) atoms. The van der Waals surface area contributed by atoms with E-state index in [0.717, 1.165) is 0 Å². The third-order valence-electron chi connectivity index (χ3n) is 2.27. The number of amides is 1. The third kappa shape index (κ3) is 6.73. The van der Waals surface area contributed by atoms with Crippen molar-refractivity contribution in [2.24, 2.45) is 5.92 Å². The van der Waals surface area contributed by atoms with Crippen LogP contribution in [0.1, 0.15) is 33.1 Å². The van der Waals surface area contributed by atoms with E-state index >= 15 is 0 Å². The van der Waals surface area contributed by atoms with Crippen LogP contribution in [0.3, 0.4) is 0 Å². The Morgan fingerprint density at radius 3 is 2.41 bits per heavy atom. The molecule has 0 bridgehead atoms. The minimum Gasteiger partial charge on any atom is -0.480 e. The number of hydrogen-bond donors (Lipinski definition) is 3. The maximum Gasteiger partial charge on any atom is 0.326 e. The zero-order valence-corrected chi connectivity index (χ0v) is 10.3. The highest BCUT2D eigenvalue weighted by Gasteiger charge is 2.23. The second kappa shape index (κ2) is 7.84. The quantitative estimate of drug-likeness (QED) is 0.553. The van der Waals surface area contributed by atoms with Gasteiger partial charge in [0.15, 0.2) is 0 Å². The molecule has 0 saturated heterocycles. The van der Waals surface area contributed by atoms with E-state index in [4.69, 9.17) is 5.11 Å². The summed E-state index contributed by atoms with van der Waals surface area (Å²) in [7, 11) is 0. The highest BCUT2D eigenvalue weighted by molar-refractivity contribution is 5.86. The summed E-state index contributed by atoms with van der Waals surface area (Å²) in [5.74, 6) is -1.56. The first-order valence-electron chi connectivity index (χ1n) is 5.70. The van der Waals surface area contributed by atoms with Gasteiger partial charge in [-0.05, 0) is 25.2 Å². The van der Waals surface area contributed by atoms with Crippen molar-refractivity contribution in [2.45, 2.75) is 45.3 Å². The van der Waals surface area contributed by atoms with Gasteiger partial charge in [0.2, 0.25) is 5.91 Å². The molecule has 2 atom stereocenters. The Morgan fingerprint density at radius 1 is 1.41 bits per heavy atom. The second-order valence-electron chi connectivity index (χ2n) is 4.41. The van der Waals surface area contributed by atoms with Crippen LogP contribution in [0.4, 0.5) is 0 Å². The molecular weight excluding hydrogens is 222 g/mol. The van der Waals surface area contributed by atoms with Crippen molar-refractivity contribution < 1.29 is 19.8 Å². The lowest BCUT2D eigenvalue weighted by atomic mass is 10.0. The van der Waals surface area contributed by atoms with Gasteiger partial charge in [-0.15, -0.1) is 6.58 Å². The molecule has 3 N–H and O–H groups in total.